The molecule has 20 heavy (non-hydrogen) atoms. The van der Waals surface area contributed by atoms with Crippen molar-refractivity contribution in [3.05, 3.63) is 34.3 Å². The third-order valence-electron chi connectivity index (χ3n) is 5.47. The van der Waals surface area contributed by atoms with E-state index in [0.717, 1.165) is 29.3 Å². The van der Waals surface area contributed by atoms with Crippen LogP contribution in [0.2, 0.25) is 0 Å². The zero-order valence-electron chi connectivity index (χ0n) is 11.8. The van der Waals surface area contributed by atoms with E-state index in [1.54, 1.807) is 0 Å². The second-order valence-corrected chi connectivity index (χ2v) is 7.66. The summed E-state index contributed by atoms with van der Waals surface area (Å²) in [5.41, 5.74) is -0.408. The van der Waals surface area contributed by atoms with Crippen LogP contribution >= 0.6 is 15.9 Å². The van der Waals surface area contributed by atoms with Crippen molar-refractivity contribution in [2.24, 2.45) is 17.3 Å². The monoisotopic (exact) mass is 333 g/mol. The van der Waals surface area contributed by atoms with Crippen LogP contribution in [0.3, 0.4) is 0 Å². The Labute approximate surface area is 128 Å². The van der Waals surface area contributed by atoms with E-state index in [1.165, 1.54) is 6.42 Å². The SMILES string of the molecule is CC(O)(Cc1ccc(Br)cc1)C1(C#N)CC2CCC1C2. The quantitative estimate of drug-likeness (QED) is 0.905. The smallest absolute Gasteiger partial charge is 0.0891 e. The molecule has 0 radical (unpaired) electrons. The van der Waals surface area contributed by atoms with Crippen LogP contribution in [0.15, 0.2) is 28.7 Å². The third-order valence-corrected chi connectivity index (χ3v) is 6.00. The van der Waals surface area contributed by atoms with Crippen molar-refractivity contribution in [3.8, 4) is 6.07 Å². The molecule has 0 spiro atoms. The molecule has 2 aliphatic rings. The highest BCUT2D eigenvalue weighted by atomic mass is 79.9. The van der Waals surface area contributed by atoms with E-state index >= 15 is 0 Å². The molecular formula is C17H20BrNO. The van der Waals surface area contributed by atoms with Crippen LogP contribution < -0.4 is 0 Å². The Morgan fingerprint density at radius 1 is 1.40 bits per heavy atom. The van der Waals surface area contributed by atoms with E-state index in [4.69, 9.17) is 0 Å². The number of halogens is 1. The molecule has 0 aromatic heterocycles. The number of nitriles is 1. The minimum Gasteiger partial charge on any atom is -0.388 e. The molecule has 2 bridgehead atoms. The van der Waals surface area contributed by atoms with Crippen molar-refractivity contribution in [1.29, 1.82) is 5.26 Å². The fourth-order valence-electron chi connectivity index (χ4n) is 4.40. The lowest BCUT2D eigenvalue weighted by atomic mass is 9.62. The van der Waals surface area contributed by atoms with E-state index in [2.05, 4.69) is 22.0 Å². The predicted octanol–water partition coefficient (Wildman–Crippen LogP) is 4.07. The van der Waals surface area contributed by atoms with E-state index in [9.17, 15) is 10.4 Å². The highest BCUT2D eigenvalue weighted by Crippen LogP contribution is 2.60. The minimum atomic E-state index is -0.949. The first kappa shape index (κ1) is 14.1. The molecule has 2 saturated carbocycles. The fraction of sp³-hybridized carbons (Fsp3) is 0.588. The molecule has 0 amide bonds. The van der Waals surface area contributed by atoms with Gasteiger partial charge < -0.3 is 5.11 Å². The van der Waals surface area contributed by atoms with E-state index in [0.29, 0.717) is 18.3 Å². The molecule has 4 atom stereocenters. The first-order chi connectivity index (χ1) is 9.47. The average Bonchev–Trinajstić information content (AvgIpc) is 3.02. The lowest BCUT2D eigenvalue weighted by molar-refractivity contribution is -0.0667. The van der Waals surface area contributed by atoms with Crippen molar-refractivity contribution >= 4 is 15.9 Å². The molecule has 3 rings (SSSR count). The van der Waals surface area contributed by atoms with Crippen molar-refractivity contribution in [1.82, 2.24) is 0 Å². The van der Waals surface area contributed by atoms with Crippen LogP contribution in [0.1, 0.15) is 38.2 Å². The second kappa shape index (κ2) is 4.86. The van der Waals surface area contributed by atoms with Gasteiger partial charge in [0, 0.05) is 10.9 Å². The fourth-order valence-corrected chi connectivity index (χ4v) is 4.67. The van der Waals surface area contributed by atoms with Gasteiger partial charge in [-0.15, -0.1) is 0 Å². The summed E-state index contributed by atoms with van der Waals surface area (Å²) in [6.07, 6.45) is 4.90. The zero-order chi connectivity index (χ0) is 14.4. The number of hydrogen-bond acceptors (Lipinski definition) is 2. The predicted molar refractivity (Wildman–Crippen MR) is 82.0 cm³/mol. The van der Waals surface area contributed by atoms with Gasteiger partial charge in [0.15, 0.2) is 0 Å². The molecule has 2 aliphatic carbocycles. The number of benzene rings is 1. The first-order valence-corrected chi connectivity index (χ1v) is 8.14. The summed E-state index contributed by atoms with van der Waals surface area (Å²) in [5.74, 6) is 1.03. The van der Waals surface area contributed by atoms with Crippen molar-refractivity contribution in [2.75, 3.05) is 0 Å². The highest BCUT2D eigenvalue weighted by Gasteiger charge is 2.60. The van der Waals surface area contributed by atoms with Crippen LogP contribution in [-0.4, -0.2) is 10.7 Å². The summed E-state index contributed by atoms with van der Waals surface area (Å²) < 4.78 is 1.04. The number of fused-ring (bicyclic) bond motifs is 2. The zero-order valence-corrected chi connectivity index (χ0v) is 13.4. The molecular weight excluding hydrogens is 314 g/mol. The van der Waals surface area contributed by atoms with Gasteiger partial charge in [-0.25, -0.2) is 0 Å². The van der Waals surface area contributed by atoms with E-state index < -0.39 is 11.0 Å². The average molecular weight is 334 g/mol. The summed E-state index contributed by atoms with van der Waals surface area (Å²) in [6.45, 7) is 1.86. The molecule has 0 heterocycles. The molecule has 2 fully saturated rings. The number of rotatable bonds is 3. The van der Waals surface area contributed by atoms with Gasteiger partial charge in [-0.05, 0) is 55.7 Å². The van der Waals surface area contributed by atoms with Gasteiger partial charge in [0.1, 0.15) is 0 Å². The molecule has 0 aliphatic heterocycles. The van der Waals surface area contributed by atoms with Crippen LogP contribution in [0, 0.1) is 28.6 Å². The van der Waals surface area contributed by atoms with Crippen molar-refractivity contribution < 1.29 is 5.11 Å². The Balaban J connectivity index is 1.87. The Morgan fingerprint density at radius 2 is 2.10 bits per heavy atom. The number of hydrogen-bond donors (Lipinski definition) is 1. The van der Waals surface area contributed by atoms with Gasteiger partial charge in [0.25, 0.3) is 0 Å². The van der Waals surface area contributed by atoms with Gasteiger partial charge in [-0.2, -0.15) is 5.26 Å². The summed E-state index contributed by atoms with van der Waals surface area (Å²) in [6, 6.07) is 10.6. The number of aliphatic hydroxyl groups is 1. The van der Waals surface area contributed by atoms with Gasteiger partial charge in [0.2, 0.25) is 0 Å². The lowest BCUT2D eigenvalue weighted by Crippen LogP contribution is -2.50. The molecule has 2 nitrogen and oxygen atoms in total. The normalized spacial score (nSPS) is 34.7. The van der Waals surface area contributed by atoms with Crippen LogP contribution in [-0.2, 0) is 6.42 Å². The largest absolute Gasteiger partial charge is 0.388 e. The maximum Gasteiger partial charge on any atom is 0.0891 e. The van der Waals surface area contributed by atoms with Gasteiger partial charge in [-0.3, -0.25) is 0 Å². The third kappa shape index (κ3) is 2.10. The van der Waals surface area contributed by atoms with Crippen molar-refractivity contribution in [2.45, 2.75) is 44.6 Å². The molecule has 4 unspecified atom stereocenters. The molecule has 3 heteroatoms. The second-order valence-electron chi connectivity index (χ2n) is 6.74. The van der Waals surface area contributed by atoms with Crippen LogP contribution in [0.4, 0.5) is 0 Å². The maximum absolute atomic E-state index is 11.1. The highest BCUT2D eigenvalue weighted by molar-refractivity contribution is 9.10. The topological polar surface area (TPSA) is 44.0 Å². The van der Waals surface area contributed by atoms with E-state index in [1.807, 2.05) is 31.2 Å². The summed E-state index contributed by atoms with van der Waals surface area (Å²) in [4.78, 5) is 0. The van der Waals surface area contributed by atoms with Gasteiger partial charge >= 0.3 is 0 Å². The standard InChI is InChI=1S/C17H20BrNO/c1-16(20,9-12-3-6-15(18)7-4-12)17(11-19)10-13-2-5-14(17)8-13/h3-4,6-7,13-14,20H,2,5,8-10H2,1H3. The summed E-state index contributed by atoms with van der Waals surface area (Å²) in [5, 5.41) is 20.9. The van der Waals surface area contributed by atoms with Crippen LogP contribution in [0.25, 0.3) is 0 Å². The Morgan fingerprint density at radius 3 is 2.60 bits per heavy atom. The molecule has 0 saturated heterocycles. The summed E-state index contributed by atoms with van der Waals surface area (Å²) >= 11 is 3.43. The Bertz CT molecular complexity index is 545. The maximum atomic E-state index is 11.1. The van der Waals surface area contributed by atoms with Gasteiger partial charge in [-0.1, -0.05) is 34.5 Å². The number of nitrogens with zero attached hydrogens (tertiary/aromatic N) is 1. The Kier molecular flexibility index (Phi) is 3.43. The van der Waals surface area contributed by atoms with Gasteiger partial charge in [0.05, 0.1) is 17.1 Å². The first-order valence-electron chi connectivity index (χ1n) is 7.35. The molecule has 1 aromatic rings. The van der Waals surface area contributed by atoms with Crippen molar-refractivity contribution in [3.63, 3.8) is 0 Å². The van der Waals surface area contributed by atoms with Crippen LogP contribution in [0.5, 0.6) is 0 Å². The Hall–Kier alpha value is -0.850. The minimum absolute atomic E-state index is 0.378. The molecule has 106 valence electrons. The summed E-state index contributed by atoms with van der Waals surface area (Å²) in [7, 11) is 0. The molecule has 1 aromatic carbocycles. The van der Waals surface area contributed by atoms with E-state index in [-0.39, 0.29) is 0 Å². The molecule has 1 N–H and O–H groups in total. The lowest BCUT2D eigenvalue weighted by Gasteiger charge is -2.43.